The second-order valence-electron chi connectivity index (χ2n) is 5.10. The Balaban J connectivity index is 1.68. The van der Waals surface area contributed by atoms with Gasteiger partial charge in [-0.15, -0.1) is 6.42 Å². The molecule has 1 saturated carbocycles. The van der Waals surface area contributed by atoms with Gasteiger partial charge in [-0.05, 0) is 48.1 Å². The number of nitrogens with one attached hydrogen (secondary N) is 1. The predicted octanol–water partition coefficient (Wildman–Crippen LogP) is 4.16. The van der Waals surface area contributed by atoms with E-state index in [-0.39, 0.29) is 0 Å². The summed E-state index contributed by atoms with van der Waals surface area (Å²) in [6.45, 7) is 0.842. The zero-order valence-corrected chi connectivity index (χ0v) is 10.9. The van der Waals surface area contributed by atoms with Crippen LogP contribution in [0.1, 0.15) is 35.4 Å². The van der Waals surface area contributed by atoms with Gasteiger partial charge in [-0.25, -0.2) is 0 Å². The number of rotatable bonds is 4. The topological polar surface area (TPSA) is 12.0 Å². The molecule has 94 valence electrons. The molecule has 1 fully saturated rings. The van der Waals surface area contributed by atoms with Gasteiger partial charge in [-0.3, -0.25) is 0 Å². The third kappa shape index (κ3) is 2.98. The molecule has 0 aliphatic heterocycles. The Morgan fingerprint density at radius 1 is 1.11 bits per heavy atom. The molecule has 0 amide bonds. The SMILES string of the molecule is C#Cc1cccc(NCc2cccc(C3CC3)c2)c1. The van der Waals surface area contributed by atoms with E-state index in [1.807, 2.05) is 24.3 Å². The molecule has 0 atom stereocenters. The Labute approximate surface area is 114 Å². The van der Waals surface area contributed by atoms with Crippen molar-refractivity contribution in [2.75, 3.05) is 5.32 Å². The highest BCUT2D eigenvalue weighted by atomic mass is 14.9. The lowest BCUT2D eigenvalue weighted by molar-refractivity contribution is 1.09. The summed E-state index contributed by atoms with van der Waals surface area (Å²) in [7, 11) is 0. The fraction of sp³-hybridized carbons (Fsp3) is 0.222. The Hall–Kier alpha value is -2.20. The van der Waals surface area contributed by atoms with Crippen LogP contribution in [-0.2, 0) is 6.54 Å². The van der Waals surface area contributed by atoms with E-state index in [0.717, 1.165) is 23.7 Å². The Bertz CT molecular complexity index is 618. The molecule has 19 heavy (non-hydrogen) atoms. The summed E-state index contributed by atoms with van der Waals surface area (Å²) in [4.78, 5) is 0. The van der Waals surface area contributed by atoms with Crippen molar-refractivity contribution >= 4 is 5.69 Å². The summed E-state index contributed by atoms with van der Waals surface area (Å²) in [5.41, 5.74) is 4.80. The fourth-order valence-corrected chi connectivity index (χ4v) is 2.30. The first-order chi connectivity index (χ1) is 9.35. The second kappa shape index (κ2) is 5.20. The van der Waals surface area contributed by atoms with Gasteiger partial charge in [0.15, 0.2) is 0 Å². The first-order valence-corrected chi connectivity index (χ1v) is 6.74. The van der Waals surface area contributed by atoms with E-state index in [1.54, 1.807) is 0 Å². The normalized spacial score (nSPS) is 13.8. The molecule has 2 aromatic carbocycles. The third-order valence-corrected chi connectivity index (χ3v) is 3.53. The molecule has 1 aliphatic carbocycles. The van der Waals surface area contributed by atoms with E-state index >= 15 is 0 Å². The zero-order valence-electron chi connectivity index (χ0n) is 10.9. The lowest BCUT2D eigenvalue weighted by atomic mass is 10.1. The number of hydrogen-bond acceptors (Lipinski definition) is 1. The summed E-state index contributed by atoms with van der Waals surface area (Å²) in [5, 5.41) is 3.43. The molecular formula is C18H17N. The van der Waals surface area contributed by atoms with Gasteiger partial charge in [0, 0.05) is 17.8 Å². The number of benzene rings is 2. The minimum atomic E-state index is 0.810. The maximum atomic E-state index is 5.41. The summed E-state index contributed by atoms with van der Waals surface area (Å²) in [6, 6.07) is 16.9. The van der Waals surface area contributed by atoms with Gasteiger partial charge in [0.05, 0.1) is 0 Å². The van der Waals surface area contributed by atoms with Crippen molar-refractivity contribution < 1.29 is 0 Å². The van der Waals surface area contributed by atoms with Gasteiger partial charge in [0.25, 0.3) is 0 Å². The minimum Gasteiger partial charge on any atom is -0.381 e. The van der Waals surface area contributed by atoms with Crippen LogP contribution in [0.5, 0.6) is 0 Å². The summed E-state index contributed by atoms with van der Waals surface area (Å²) >= 11 is 0. The molecule has 0 bridgehead atoms. The first kappa shape index (κ1) is 11.9. The van der Waals surface area contributed by atoms with Gasteiger partial charge in [0.1, 0.15) is 0 Å². The van der Waals surface area contributed by atoms with Crippen LogP contribution >= 0.6 is 0 Å². The molecule has 3 rings (SSSR count). The highest BCUT2D eigenvalue weighted by Gasteiger charge is 2.23. The van der Waals surface area contributed by atoms with E-state index in [1.165, 1.54) is 24.0 Å². The van der Waals surface area contributed by atoms with Gasteiger partial charge >= 0.3 is 0 Å². The Morgan fingerprint density at radius 3 is 2.74 bits per heavy atom. The maximum absolute atomic E-state index is 5.41. The van der Waals surface area contributed by atoms with Gasteiger partial charge in [-0.2, -0.15) is 0 Å². The summed E-state index contributed by atoms with van der Waals surface area (Å²) in [5.74, 6) is 3.47. The molecule has 0 radical (unpaired) electrons. The van der Waals surface area contributed by atoms with Crippen LogP contribution < -0.4 is 5.32 Å². The third-order valence-electron chi connectivity index (χ3n) is 3.53. The standard InChI is InChI=1S/C18H17N/c1-2-14-5-4-8-18(12-14)19-13-15-6-3-7-17(11-15)16-9-10-16/h1,3-8,11-12,16,19H,9-10,13H2. The average Bonchev–Trinajstić information content (AvgIpc) is 3.30. The van der Waals surface area contributed by atoms with Crippen LogP contribution in [0.2, 0.25) is 0 Å². The summed E-state index contributed by atoms with van der Waals surface area (Å²) < 4.78 is 0. The maximum Gasteiger partial charge on any atom is 0.0400 e. The van der Waals surface area contributed by atoms with Crippen LogP contribution in [0.4, 0.5) is 5.69 Å². The molecule has 1 heteroatoms. The van der Waals surface area contributed by atoms with Crippen LogP contribution in [0.25, 0.3) is 0 Å². The molecule has 0 aromatic heterocycles. The number of terminal acetylenes is 1. The van der Waals surface area contributed by atoms with Gasteiger partial charge in [-0.1, -0.05) is 36.3 Å². The lowest BCUT2D eigenvalue weighted by Gasteiger charge is -2.08. The molecule has 0 heterocycles. The van der Waals surface area contributed by atoms with Crippen LogP contribution in [0.3, 0.4) is 0 Å². The smallest absolute Gasteiger partial charge is 0.0400 e. The zero-order chi connectivity index (χ0) is 13.1. The van der Waals surface area contributed by atoms with Crippen molar-refractivity contribution in [1.29, 1.82) is 0 Å². The van der Waals surface area contributed by atoms with Crippen molar-refractivity contribution in [3.05, 3.63) is 65.2 Å². The molecule has 2 aromatic rings. The molecule has 0 spiro atoms. The van der Waals surface area contributed by atoms with E-state index < -0.39 is 0 Å². The van der Waals surface area contributed by atoms with Crippen molar-refractivity contribution in [3.8, 4) is 12.3 Å². The Morgan fingerprint density at radius 2 is 1.95 bits per heavy atom. The summed E-state index contributed by atoms with van der Waals surface area (Å²) in [6.07, 6.45) is 8.10. The lowest BCUT2D eigenvalue weighted by Crippen LogP contribution is -2.00. The van der Waals surface area contributed by atoms with Gasteiger partial charge in [0.2, 0.25) is 0 Å². The van der Waals surface area contributed by atoms with E-state index in [9.17, 15) is 0 Å². The van der Waals surface area contributed by atoms with Crippen LogP contribution in [0, 0.1) is 12.3 Å². The molecule has 0 saturated heterocycles. The molecule has 0 unspecified atom stereocenters. The highest BCUT2D eigenvalue weighted by Crippen LogP contribution is 2.40. The largest absolute Gasteiger partial charge is 0.381 e. The average molecular weight is 247 g/mol. The first-order valence-electron chi connectivity index (χ1n) is 6.74. The van der Waals surface area contributed by atoms with Crippen molar-refractivity contribution in [2.24, 2.45) is 0 Å². The van der Waals surface area contributed by atoms with Crippen molar-refractivity contribution in [1.82, 2.24) is 0 Å². The van der Waals surface area contributed by atoms with Crippen LogP contribution in [-0.4, -0.2) is 0 Å². The van der Waals surface area contributed by atoms with Gasteiger partial charge < -0.3 is 5.32 Å². The van der Waals surface area contributed by atoms with E-state index in [0.29, 0.717) is 0 Å². The molecule has 1 aliphatic rings. The van der Waals surface area contributed by atoms with Crippen LogP contribution in [0.15, 0.2) is 48.5 Å². The van der Waals surface area contributed by atoms with E-state index in [2.05, 4.69) is 35.5 Å². The fourth-order valence-electron chi connectivity index (χ4n) is 2.30. The Kier molecular flexibility index (Phi) is 3.25. The van der Waals surface area contributed by atoms with E-state index in [4.69, 9.17) is 6.42 Å². The molecule has 1 nitrogen and oxygen atoms in total. The minimum absolute atomic E-state index is 0.810. The molecule has 1 N–H and O–H groups in total. The highest BCUT2D eigenvalue weighted by molar-refractivity contribution is 5.50. The van der Waals surface area contributed by atoms with Crippen molar-refractivity contribution in [2.45, 2.75) is 25.3 Å². The van der Waals surface area contributed by atoms with Crippen molar-refractivity contribution in [3.63, 3.8) is 0 Å². The molecular weight excluding hydrogens is 230 g/mol. The number of anilines is 1. The second-order valence-corrected chi connectivity index (χ2v) is 5.10. The predicted molar refractivity (Wildman–Crippen MR) is 80.1 cm³/mol. The monoisotopic (exact) mass is 247 g/mol. The quantitative estimate of drug-likeness (QED) is 0.800. The number of hydrogen-bond donors (Lipinski definition) is 1.